The lowest BCUT2D eigenvalue weighted by Gasteiger charge is -2.33. The highest BCUT2D eigenvalue weighted by atomic mass is 35.5. The van der Waals surface area contributed by atoms with Crippen molar-refractivity contribution in [3.8, 4) is 10.8 Å². The minimum absolute atomic E-state index is 0. The Kier molecular flexibility index (Phi) is 6.87. The Hall–Kier alpha value is -1.08. The molecule has 122 valence electrons. The molecule has 0 bridgehead atoms. The zero-order chi connectivity index (χ0) is 14.1. The summed E-state index contributed by atoms with van der Waals surface area (Å²) in [4.78, 5) is 19.9. The Bertz CT molecular complexity index is 616. The minimum atomic E-state index is 0. The van der Waals surface area contributed by atoms with Gasteiger partial charge in [-0.15, -0.1) is 36.2 Å². The van der Waals surface area contributed by atoms with Crippen LogP contribution in [0.5, 0.6) is 0 Å². The summed E-state index contributed by atoms with van der Waals surface area (Å²) < 4.78 is 5.35. The minimum Gasteiger partial charge on any atom is -0.462 e. The Balaban J connectivity index is 0.00000121. The van der Waals surface area contributed by atoms with E-state index in [1.54, 1.807) is 6.26 Å². The fraction of sp³-hybridized carbons (Fsp3) is 0.429. The number of carbonyl (C=O) groups is 1. The van der Waals surface area contributed by atoms with Crippen LogP contribution in [-0.4, -0.2) is 41.5 Å². The molecule has 5 nitrogen and oxygen atoms in total. The normalized spacial score (nSPS) is 17.5. The van der Waals surface area contributed by atoms with Crippen LogP contribution in [0.4, 0.5) is 0 Å². The van der Waals surface area contributed by atoms with Gasteiger partial charge in [0, 0.05) is 30.6 Å². The number of aromatic nitrogens is 1. The molecule has 1 N–H and O–H groups in total. The second kappa shape index (κ2) is 7.97. The Morgan fingerprint density at radius 1 is 1.50 bits per heavy atom. The Morgan fingerprint density at radius 3 is 2.91 bits per heavy atom. The van der Waals surface area contributed by atoms with Crippen molar-refractivity contribution in [2.75, 3.05) is 19.6 Å². The fourth-order valence-corrected chi connectivity index (χ4v) is 3.25. The van der Waals surface area contributed by atoms with Crippen molar-refractivity contribution in [2.45, 2.75) is 19.9 Å². The average molecular weight is 364 g/mol. The molecule has 3 heterocycles. The maximum absolute atomic E-state index is 12.6. The molecular formula is C14H19Cl2N3O2S. The van der Waals surface area contributed by atoms with Crippen LogP contribution in [0.25, 0.3) is 10.8 Å². The number of rotatable bonds is 2. The van der Waals surface area contributed by atoms with E-state index in [4.69, 9.17) is 4.42 Å². The lowest BCUT2D eigenvalue weighted by atomic mass is 10.2. The number of hydrogen-bond acceptors (Lipinski definition) is 5. The van der Waals surface area contributed by atoms with Gasteiger partial charge in [-0.3, -0.25) is 4.79 Å². The molecule has 2 aromatic heterocycles. The SMILES string of the molecule is Cc1sc(-c2ccco2)nc1C(=O)N1CCNC[C@@H]1C.Cl.Cl. The number of aryl methyl sites for hydroxylation is 1. The molecule has 0 saturated carbocycles. The van der Waals surface area contributed by atoms with Gasteiger partial charge in [0.05, 0.1) is 6.26 Å². The highest BCUT2D eigenvalue weighted by Gasteiger charge is 2.27. The monoisotopic (exact) mass is 363 g/mol. The number of halogens is 2. The molecule has 1 fully saturated rings. The van der Waals surface area contributed by atoms with Crippen LogP contribution in [-0.2, 0) is 0 Å². The summed E-state index contributed by atoms with van der Waals surface area (Å²) in [6, 6.07) is 3.88. The standard InChI is InChI=1S/C14H17N3O2S.2ClH/c1-9-8-15-5-6-17(9)14(18)12-10(2)20-13(16-12)11-4-3-7-19-11;;/h3-4,7,9,15H,5-6,8H2,1-2H3;2*1H/t9-;;/m0../s1. The van der Waals surface area contributed by atoms with E-state index in [0.29, 0.717) is 11.5 Å². The van der Waals surface area contributed by atoms with Gasteiger partial charge < -0.3 is 14.6 Å². The van der Waals surface area contributed by atoms with Crippen LogP contribution in [0.2, 0.25) is 0 Å². The van der Waals surface area contributed by atoms with Crippen molar-refractivity contribution < 1.29 is 9.21 Å². The average Bonchev–Trinajstić information content (AvgIpc) is 3.07. The van der Waals surface area contributed by atoms with Crippen LogP contribution >= 0.6 is 36.2 Å². The summed E-state index contributed by atoms with van der Waals surface area (Å²) in [5, 5.41) is 4.05. The number of thiazole rings is 1. The van der Waals surface area contributed by atoms with Crippen molar-refractivity contribution >= 4 is 42.1 Å². The van der Waals surface area contributed by atoms with Crippen molar-refractivity contribution in [1.82, 2.24) is 15.2 Å². The van der Waals surface area contributed by atoms with Crippen LogP contribution in [0.1, 0.15) is 22.3 Å². The number of nitrogens with zero attached hydrogens (tertiary/aromatic N) is 2. The predicted octanol–water partition coefficient (Wildman–Crippen LogP) is 2.99. The first kappa shape index (κ1) is 19.0. The number of furan rings is 1. The largest absolute Gasteiger partial charge is 0.462 e. The first-order valence-corrected chi connectivity index (χ1v) is 7.51. The highest BCUT2D eigenvalue weighted by molar-refractivity contribution is 7.15. The van der Waals surface area contributed by atoms with Gasteiger partial charge in [0.1, 0.15) is 5.69 Å². The van der Waals surface area contributed by atoms with Crippen molar-refractivity contribution in [1.29, 1.82) is 0 Å². The summed E-state index contributed by atoms with van der Waals surface area (Å²) in [6.45, 7) is 6.39. The fourth-order valence-electron chi connectivity index (χ4n) is 2.38. The molecule has 1 aliphatic rings. The predicted molar refractivity (Wildman–Crippen MR) is 92.4 cm³/mol. The van der Waals surface area contributed by atoms with Gasteiger partial charge in [0.15, 0.2) is 10.8 Å². The van der Waals surface area contributed by atoms with E-state index in [0.717, 1.165) is 29.5 Å². The smallest absolute Gasteiger partial charge is 0.273 e. The number of amides is 1. The van der Waals surface area contributed by atoms with Gasteiger partial charge in [-0.2, -0.15) is 0 Å². The lowest BCUT2D eigenvalue weighted by molar-refractivity contribution is 0.0650. The van der Waals surface area contributed by atoms with E-state index in [1.165, 1.54) is 11.3 Å². The molecule has 1 aliphatic heterocycles. The van der Waals surface area contributed by atoms with Gasteiger partial charge in [-0.1, -0.05) is 0 Å². The first-order valence-electron chi connectivity index (χ1n) is 6.70. The third-order valence-electron chi connectivity index (χ3n) is 3.49. The summed E-state index contributed by atoms with van der Waals surface area (Å²) in [5.74, 6) is 0.732. The first-order chi connectivity index (χ1) is 9.66. The van der Waals surface area contributed by atoms with Crippen LogP contribution in [0.3, 0.4) is 0 Å². The van der Waals surface area contributed by atoms with Crippen molar-refractivity contribution in [2.24, 2.45) is 0 Å². The van der Waals surface area contributed by atoms with Gasteiger partial charge in [-0.05, 0) is 26.0 Å². The molecule has 0 aromatic carbocycles. The Labute approximate surface area is 145 Å². The molecule has 3 rings (SSSR count). The molecule has 0 radical (unpaired) electrons. The van der Waals surface area contributed by atoms with E-state index >= 15 is 0 Å². The molecular weight excluding hydrogens is 345 g/mol. The molecule has 2 aromatic rings. The topological polar surface area (TPSA) is 58.4 Å². The number of carbonyl (C=O) groups excluding carboxylic acids is 1. The summed E-state index contributed by atoms with van der Waals surface area (Å²) in [7, 11) is 0. The molecule has 1 atom stereocenters. The zero-order valence-electron chi connectivity index (χ0n) is 12.4. The van der Waals surface area contributed by atoms with Crippen LogP contribution < -0.4 is 5.32 Å². The molecule has 0 spiro atoms. The highest BCUT2D eigenvalue weighted by Crippen LogP contribution is 2.28. The third-order valence-corrected chi connectivity index (χ3v) is 4.48. The van der Waals surface area contributed by atoms with E-state index in [1.807, 2.05) is 24.0 Å². The lowest BCUT2D eigenvalue weighted by Crippen LogP contribution is -2.52. The maximum atomic E-state index is 12.6. The molecule has 8 heteroatoms. The van der Waals surface area contributed by atoms with E-state index in [2.05, 4.69) is 17.2 Å². The van der Waals surface area contributed by atoms with Crippen molar-refractivity contribution in [3.05, 3.63) is 29.0 Å². The van der Waals surface area contributed by atoms with Gasteiger partial charge in [-0.25, -0.2) is 4.98 Å². The second-order valence-corrected chi connectivity index (χ2v) is 6.16. The quantitative estimate of drug-likeness (QED) is 0.890. The van der Waals surface area contributed by atoms with Crippen LogP contribution in [0.15, 0.2) is 22.8 Å². The molecule has 0 aliphatic carbocycles. The molecule has 1 saturated heterocycles. The zero-order valence-corrected chi connectivity index (χ0v) is 14.8. The number of nitrogens with one attached hydrogen (secondary N) is 1. The van der Waals surface area contributed by atoms with Gasteiger partial charge >= 0.3 is 0 Å². The van der Waals surface area contributed by atoms with Crippen LogP contribution in [0, 0.1) is 6.92 Å². The van der Waals surface area contributed by atoms with E-state index < -0.39 is 0 Å². The number of piperazine rings is 1. The third kappa shape index (κ3) is 3.63. The van der Waals surface area contributed by atoms with Gasteiger partial charge in [0.2, 0.25) is 0 Å². The summed E-state index contributed by atoms with van der Waals surface area (Å²) in [6.07, 6.45) is 1.62. The van der Waals surface area contributed by atoms with Gasteiger partial charge in [0.25, 0.3) is 5.91 Å². The molecule has 22 heavy (non-hydrogen) atoms. The van der Waals surface area contributed by atoms with E-state index in [9.17, 15) is 4.79 Å². The summed E-state index contributed by atoms with van der Waals surface area (Å²) >= 11 is 1.50. The molecule has 1 amide bonds. The van der Waals surface area contributed by atoms with Crippen molar-refractivity contribution in [3.63, 3.8) is 0 Å². The maximum Gasteiger partial charge on any atom is 0.273 e. The number of hydrogen-bond donors (Lipinski definition) is 1. The van der Waals surface area contributed by atoms with E-state index in [-0.39, 0.29) is 36.8 Å². The molecule has 0 unspecified atom stereocenters. The Morgan fingerprint density at radius 2 is 2.27 bits per heavy atom. The second-order valence-electron chi connectivity index (χ2n) is 4.95. The summed E-state index contributed by atoms with van der Waals surface area (Å²) in [5.41, 5.74) is 0.551.